The zero-order valence-electron chi connectivity index (χ0n) is 20.0. The SMILES string of the molecule is CC(C)C(=O)CN1CCN(CC=O)CCN(CC(=O)O)CCN(CC=O)CC1.CO.CO. The van der Waals surface area contributed by atoms with Gasteiger partial charge in [-0.15, -0.1) is 0 Å². The number of carboxylic acid groups (broad SMARTS) is 1. The van der Waals surface area contributed by atoms with Gasteiger partial charge in [0.15, 0.2) is 0 Å². The van der Waals surface area contributed by atoms with Crippen molar-refractivity contribution in [3.63, 3.8) is 0 Å². The van der Waals surface area contributed by atoms with Crippen molar-refractivity contribution in [3.05, 3.63) is 0 Å². The van der Waals surface area contributed by atoms with Crippen LogP contribution in [-0.2, 0) is 19.2 Å². The molecule has 11 nitrogen and oxygen atoms in total. The number of nitrogens with zero attached hydrogens (tertiary/aromatic N) is 4. The van der Waals surface area contributed by atoms with Crippen molar-refractivity contribution in [1.82, 2.24) is 19.6 Å². The predicted molar refractivity (Wildman–Crippen MR) is 122 cm³/mol. The van der Waals surface area contributed by atoms with Gasteiger partial charge in [-0.3, -0.25) is 29.2 Å². The van der Waals surface area contributed by atoms with Gasteiger partial charge < -0.3 is 24.9 Å². The minimum absolute atomic E-state index is 0.0388. The van der Waals surface area contributed by atoms with Gasteiger partial charge >= 0.3 is 5.97 Å². The van der Waals surface area contributed by atoms with Crippen LogP contribution in [0.5, 0.6) is 0 Å². The second-order valence-corrected chi connectivity index (χ2v) is 7.50. The van der Waals surface area contributed by atoms with E-state index in [9.17, 15) is 19.2 Å². The Morgan fingerprint density at radius 1 is 0.688 bits per heavy atom. The summed E-state index contributed by atoms with van der Waals surface area (Å²) in [5.74, 6) is -0.763. The number of carboxylic acids is 1. The van der Waals surface area contributed by atoms with E-state index >= 15 is 0 Å². The van der Waals surface area contributed by atoms with E-state index in [2.05, 4.69) is 4.90 Å². The third-order valence-corrected chi connectivity index (χ3v) is 4.98. The van der Waals surface area contributed by atoms with E-state index in [-0.39, 0.29) is 31.3 Å². The first-order valence-electron chi connectivity index (χ1n) is 10.8. The lowest BCUT2D eigenvalue weighted by Crippen LogP contribution is -2.48. The van der Waals surface area contributed by atoms with Gasteiger partial charge in [-0.1, -0.05) is 13.8 Å². The van der Waals surface area contributed by atoms with Crippen LogP contribution in [-0.4, -0.2) is 152 Å². The Morgan fingerprint density at radius 3 is 1.28 bits per heavy atom. The number of aliphatic hydroxyl groups is 2. The third-order valence-electron chi connectivity index (χ3n) is 4.98. The molecule has 0 aromatic carbocycles. The lowest BCUT2D eigenvalue weighted by atomic mass is 10.1. The lowest BCUT2D eigenvalue weighted by molar-refractivity contribution is -0.138. The molecule has 0 aromatic heterocycles. The van der Waals surface area contributed by atoms with Crippen LogP contribution in [0.2, 0.25) is 0 Å². The average Bonchev–Trinajstić information content (AvgIpc) is 2.77. The average molecular weight is 463 g/mol. The molecule has 0 spiro atoms. The summed E-state index contributed by atoms with van der Waals surface area (Å²) in [5, 5.41) is 23.1. The molecule has 0 saturated carbocycles. The van der Waals surface area contributed by atoms with Gasteiger partial charge in [-0.2, -0.15) is 0 Å². The largest absolute Gasteiger partial charge is 0.480 e. The molecular formula is C21H42N4O7. The number of aldehydes is 2. The standard InChI is InChI=1S/C19H34N4O5.2CH4O/c1-17(2)18(26)15-22-7-3-20(11-13-24)5-9-23(16-19(27)28)10-6-21(4-8-22)12-14-25;2*1-2/h13-14,17H,3-12,15-16H2,1-2H3,(H,27,28);2*2H,1H3. The summed E-state index contributed by atoms with van der Waals surface area (Å²) in [6.45, 7) is 9.34. The first kappa shape index (κ1) is 32.4. The Kier molecular flexibility index (Phi) is 21.4. The van der Waals surface area contributed by atoms with E-state index in [1.807, 2.05) is 28.5 Å². The smallest absolute Gasteiger partial charge is 0.317 e. The van der Waals surface area contributed by atoms with Crippen LogP contribution in [0.4, 0.5) is 0 Å². The summed E-state index contributed by atoms with van der Waals surface area (Å²) in [6, 6.07) is 0. The van der Waals surface area contributed by atoms with Crippen molar-refractivity contribution >= 4 is 24.3 Å². The molecule has 1 heterocycles. The van der Waals surface area contributed by atoms with Crippen molar-refractivity contribution in [2.45, 2.75) is 13.8 Å². The molecule has 0 amide bonds. The number of carbonyl (C=O) groups is 4. The molecule has 0 bridgehead atoms. The zero-order valence-corrected chi connectivity index (χ0v) is 20.0. The number of hydrogen-bond acceptors (Lipinski definition) is 10. The Balaban J connectivity index is 0. The molecule has 0 aliphatic carbocycles. The highest BCUT2D eigenvalue weighted by Crippen LogP contribution is 2.03. The molecular weight excluding hydrogens is 420 g/mol. The van der Waals surface area contributed by atoms with Crippen LogP contribution in [0.25, 0.3) is 0 Å². The van der Waals surface area contributed by atoms with Gasteiger partial charge in [0.25, 0.3) is 0 Å². The minimum atomic E-state index is -0.894. The van der Waals surface area contributed by atoms with Crippen LogP contribution in [0.1, 0.15) is 13.8 Å². The van der Waals surface area contributed by atoms with Gasteiger partial charge in [-0.25, -0.2) is 0 Å². The van der Waals surface area contributed by atoms with Gasteiger partial charge in [0.2, 0.25) is 0 Å². The first-order chi connectivity index (χ1) is 15.3. The Bertz CT molecular complexity index is 494. The maximum absolute atomic E-state index is 12.2. The number of rotatable bonds is 9. The minimum Gasteiger partial charge on any atom is -0.480 e. The summed E-state index contributed by atoms with van der Waals surface area (Å²) >= 11 is 0. The Labute approximate surface area is 191 Å². The van der Waals surface area contributed by atoms with Crippen molar-refractivity contribution in [2.75, 3.05) is 92.8 Å². The number of aliphatic carboxylic acids is 1. The van der Waals surface area contributed by atoms with E-state index in [1.165, 1.54) is 0 Å². The van der Waals surface area contributed by atoms with Crippen molar-refractivity contribution in [1.29, 1.82) is 0 Å². The van der Waals surface area contributed by atoms with Crippen LogP contribution >= 0.6 is 0 Å². The summed E-state index contributed by atoms with van der Waals surface area (Å²) < 4.78 is 0. The fourth-order valence-electron chi connectivity index (χ4n) is 3.07. The summed E-state index contributed by atoms with van der Waals surface area (Å²) in [6.07, 6.45) is 1.70. The quantitative estimate of drug-likeness (QED) is 0.332. The number of hydrogen-bond donors (Lipinski definition) is 3. The maximum Gasteiger partial charge on any atom is 0.317 e. The Morgan fingerprint density at radius 2 is 1.00 bits per heavy atom. The third kappa shape index (κ3) is 16.0. The molecule has 3 N–H and O–H groups in total. The molecule has 0 radical (unpaired) electrons. The molecule has 0 unspecified atom stereocenters. The molecule has 188 valence electrons. The van der Waals surface area contributed by atoms with Gasteiger partial charge in [0.1, 0.15) is 18.4 Å². The van der Waals surface area contributed by atoms with E-state index < -0.39 is 5.97 Å². The van der Waals surface area contributed by atoms with Crippen molar-refractivity contribution < 1.29 is 34.5 Å². The summed E-state index contributed by atoms with van der Waals surface area (Å²) in [5.41, 5.74) is 0. The topological polar surface area (TPSA) is 142 Å². The van der Waals surface area contributed by atoms with Gasteiger partial charge in [-0.05, 0) is 0 Å². The van der Waals surface area contributed by atoms with Crippen molar-refractivity contribution in [3.8, 4) is 0 Å². The fraction of sp³-hybridized carbons (Fsp3) is 0.810. The molecule has 1 fully saturated rings. The van der Waals surface area contributed by atoms with Crippen molar-refractivity contribution in [2.24, 2.45) is 5.92 Å². The van der Waals surface area contributed by atoms with Crippen LogP contribution in [0.3, 0.4) is 0 Å². The molecule has 0 atom stereocenters. The molecule has 11 heteroatoms. The van der Waals surface area contributed by atoms with E-state index in [0.29, 0.717) is 58.9 Å². The van der Waals surface area contributed by atoms with Crippen LogP contribution < -0.4 is 0 Å². The molecule has 32 heavy (non-hydrogen) atoms. The first-order valence-corrected chi connectivity index (χ1v) is 10.8. The zero-order chi connectivity index (χ0) is 24.9. The second-order valence-electron chi connectivity index (χ2n) is 7.50. The second kappa shape index (κ2) is 21.1. The summed E-state index contributed by atoms with van der Waals surface area (Å²) in [7, 11) is 2.00. The van der Waals surface area contributed by atoms with Gasteiger partial charge in [0.05, 0.1) is 26.2 Å². The monoisotopic (exact) mass is 462 g/mol. The number of Topliss-reactive ketones (excluding diaryl/α,β-unsaturated/α-hetero) is 1. The highest BCUT2D eigenvalue weighted by molar-refractivity contribution is 5.82. The highest BCUT2D eigenvalue weighted by atomic mass is 16.4. The van der Waals surface area contributed by atoms with E-state index in [0.717, 1.165) is 26.8 Å². The molecule has 1 aliphatic rings. The molecule has 1 rings (SSSR count). The van der Waals surface area contributed by atoms with Crippen LogP contribution in [0.15, 0.2) is 0 Å². The fourth-order valence-corrected chi connectivity index (χ4v) is 3.07. The predicted octanol–water partition coefficient (Wildman–Crippen LogP) is -1.87. The molecule has 1 saturated heterocycles. The number of ketones is 1. The number of aliphatic hydroxyl groups excluding tert-OH is 2. The van der Waals surface area contributed by atoms with Gasteiger partial charge in [0, 0.05) is 72.5 Å². The van der Waals surface area contributed by atoms with E-state index in [4.69, 9.17) is 15.3 Å². The maximum atomic E-state index is 12.2. The van der Waals surface area contributed by atoms with E-state index in [1.54, 1.807) is 0 Å². The molecule has 1 aliphatic heterocycles. The summed E-state index contributed by atoms with van der Waals surface area (Å²) in [4.78, 5) is 53.3. The number of carbonyl (C=O) groups excluding carboxylic acids is 3. The lowest BCUT2D eigenvalue weighted by Gasteiger charge is -2.32. The molecule has 0 aromatic rings. The van der Waals surface area contributed by atoms with Crippen LogP contribution in [0, 0.1) is 5.92 Å². The Hall–Kier alpha value is -1.76. The highest BCUT2D eigenvalue weighted by Gasteiger charge is 2.19. The normalized spacial score (nSPS) is 17.6.